The van der Waals surface area contributed by atoms with Gasteiger partial charge < -0.3 is 14.6 Å². The van der Waals surface area contributed by atoms with E-state index in [0.717, 1.165) is 16.7 Å². The summed E-state index contributed by atoms with van der Waals surface area (Å²) in [7, 11) is 0. The molecular weight excluding hydrogens is 324 g/mol. The Morgan fingerprint density at radius 3 is 1.85 bits per heavy atom. The maximum Gasteiger partial charge on any atom is 0.162 e. The third kappa shape index (κ3) is 5.23. The Kier molecular flexibility index (Phi) is 6.46. The first kappa shape index (κ1) is 17.8. The zero-order valence-electron chi connectivity index (χ0n) is 14.5. The van der Waals surface area contributed by atoms with E-state index in [1.807, 2.05) is 84.9 Å². The van der Waals surface area contributed by atoms with Crippen molar-refractivity contribution in [3.8, 4) is 11.5 Å². The third-order valence-corrected chi connectivity index (χ3v) is 3.86. The Labute approximate surface area is 154 Å². The average Bonchev–Trinajstić information content (AvgIpc) is 2.71. The molecule has 132 valence electrons. The zero-order valence-corrected chi connectivity index (χ0v) is 14.5. The lowest BCUT2D eigenvalue weighted by Crippen LogP contribution is -2.01. The molecule has 26 heavy (non-hydrogen) atoms. The highest BCUT2D eigenvalue weighted by molar-refractivity contribution is 5.56. The molecule has 3 nitrogen and oxygen atoms in total. The lowest BCUT2D eigenvalue weighted by Gasteiger charge is -2.14. The average molecular weight is 346 g/mol. The van der Waals surface area contributed by atoms with Crippen molar-refractivity contribution in [3.63, 3.8) is 0 Å². The van der Waals surface area contributed by atoms with Gasteiger partial charge in [0.2, 0.25) is 0 Å². The van der Waals surface area contributed by atoms with Gasteiger partial charge in [-0.05, 0) is 28.8 Å². The minimum atomic E-state index is 0.00641. The Bertz CT molecular complexity index is 827. The van der Waals surface area contributed by atoms with E-state index < -0.39 is 0 Å². The van der Waals surface area contributed by atoms with Gasteiger partial charge in [-0.1, -0.05) is 78.9 Å². The fourth-order valence-corrected chi connectivity index (χ4v) is 2.52. The normalized spacial score (nSPS) is 10.8. The quantitative estimate of drug-likeness (QED) is 0.634. The molecule has 0 saturated heterocycles. The van der Waals surface area contributed by atoms with Gasteiger partial charge in [-0.25, -0.2) is 0 Å². The van der Waals surface area contributed by atoms with E-state index in [1.54, 1.807) is 6.08 Å². The van der Waals surface area contributed by atoms with Gasteiger partial charge in [0.25, 0.3) is 0 Å². The summed E-state index contributed by atoms with van der Waals surface area (Å²) in [5.41, 5.74) is 3.15. The Morgan fingerprint density at radius 2 is 1.27 bits per heavy atom. The van der Waals surface area contributed by atoms with Gasteiger partial charge in [0.1, 0.15) is 13.2 Å². The largest absolute Gasteiger partial charge is 0.485 e. The highest BCUT2D eigenvalue weighted by Crippen LogP contribution is 2.30. The summed E-state index contributed by atoms with van der Waals surface area (Å²) in [6.07, 6.45) is 3.55. The van der Waals surface area contributed by atoms with E-state index in [1.165, 1.54) is 0 Å². The second-order valence-corrected chi connectivity index (χ2v) is 5.84. The Hall–Kier alpha value is -3.04. The van der Waals surface area contributed by atoms with Crippen molar-refractivity contribution in [2.75, 3.05) is 6.61 Å². The summed E-state index contributed by atoms with van der Waals surface area (Å²) in [6, 6.07) is 25.8. The van der Waals surface area contributed by atoms with Crippen LogP contribution in [0.2, 0.25) is 0 Å². The molecule has 0 atom stereocenters. The third-order valence-electron chi connectivity index (χ3n) is 3.86. The van der Waals surface area contributed by atoms with Crippen LogP contribution in [0.5, 0.6) is 11.5 Å². The molecule has 3 aromatic rings. The molecule has 0 bridgehead atoms. The maximum absolute atomic E-state index is 8.97. The van der Waals surface area contributed by atoms with Crippen molar-refractivity contribution in [2.24, 2.45) is 0 Å². The van der Waals surface area contributed by atoms with Gasteiger partial charge in [-0.15, -0.1) is 0 Å². The van der Waals surface area contributed by atoms with Gasteiger partial charge in [0, 0.05) is 0 Å². The van der Waals surface area contributed by atoms with Crippen LogP contribution >= 0.6 is 0 Å². The van der Waals surface area contributed by atoms with E-state index in [4.69, 9.17) is 14.6 Å². The number of rotatable bonds is 8. The first-order valence-corrected chi connectivity index (χ1v) is 8.60. The molecule has 0 saturated carbocycles. The Balaban J connectivity index is 1.76. The van der Waals surface area contributed by atoms with Gasteiger partial charge in [0.15, 0.2) is 11.5 Å². The first-order valence-electron chi connectivity index (χ1n) is 8.60. The summed E-state index contributed by atoms with van der Waals surface area (Å²) in [5.74, 6) is 1.39. The van der Waals surface area contributed by atoms with Crippen LogP contribution in [0.25, 0.3) is 6.08 Å². The highest BCUT2D eigenvalue weighted by atomic mass is 16.5. The fourth-order valence-electron chi connectivity index (χ4n) is 2.52. The first-order chi connectivity index (χ1) is 12.8. The van der Waals surface area contributed by atoms with E-state index in [2.05, 4.69) is 0 Å². The number of hydrogen-bond donors (Lipinski definition) is 1. The van der Waals surface area contributed by atoms with Crippen LogP contribution in [0.15, 0.2) is 84.9 Å². The molecule has 3 aromatic carbocycles. The predicted molar refractivity (Wildman–Crippen MR) is 104 cm³/mol. The van der Waals surface area contributed by atoms with Gasteiger partial charge in [0.05, 0.1) is 6.61 Å². The van der Waals surface area contributed by atoms with Crippen LogP contribution < -0.4 is 9.47 Å². The predicted octanol–water partition coefficient (Wildman–Crippen LogP) is 4.85. The summed E-state index contributed by atoms with van der Waals surface area (Å²) < 4.78 is 12.0. The van der Waals surface area contributed by atoms with E-state index in [-0.39, 0.29) is 6.61 Å². The number of aliphatic hydroxyl groups is 1. The molecule has 0 fully saturated rings. The molecule has 1 N–H and O–H groups in total. The second-order valence-electron chi connectivity index (χ2n) is 5.84. The lowest BCUT2D eigenvalue weighted by atomic mass is 10.2. The van der Waals surface area contributed by atoms with Crippen LogP contribution in [0, 0.1) is 0 Å². The fraction of sp³-hybridized carbons (Fsp3) is 0.130. The van der Waals surface area contributed by atoms with E-state index in [9.17, 15) is 0 Å². The van der Waals surface area contributed by atoms with Crippen LogP contribution in [0.3, 0.4) is 0 Å². The van der Waals surface area contributed by atoms with E-state index in [0.29, 0.717) is 24.7 Å². The monoisotopic (exact) mass is 346 g/mol. The van der Waals surface area contributed by atoms with Crippen molar-refractivity contribution in [1.82, 2.24) is 0 Å². The SMILES string of the molecule is OC/C=C/c1ccc(OCc2ccccc2)c(OCc2ccccc2)c1. The molecule has 3 rings (SSSR count). The van der Waals surface area contributed by atoms with Gasteiger partial charge in [-0.2, -0.15) is 0 Å². The molecule has 0 aliphatic carbocycles. The van der Waals surface area contributed by atoms with Crippen LogP contribution in [-0.2, 0) is 13.2 Å². The minimum Gasteiger partial charge on any atom is -0.485 e. The lowest BCUT2D eigenvalue weighted by molar-refractivity contribution is 0.256. The number of hydrogen-bond acceptors (Lipinski definition) is 3. The molecule has 0 aromatic heterocycles. The minimum absolute atomic E-state index is 0.00641. The summed E-state index contributed by atoms with van der Waals surface area (Å²) in [5, 5.41) is 8.97. The van der Waals surface area contributed by atoms with Crippen LogP contribution in [-0.4, -0.2) is 11.7 Å². The number of benzene rings is 3. The second kappa shape index (κ2) is 9.44. The molecule has 0 aliphatic rings. The van der Waals surface area contributed by atoms with Crippen molar-refractivity contribution < 1.29 is 14.6 Å². The molecule has 0 heterocycles. The van der Waals surface area contributed by atoms with Crippen molar-refractivity contribution in [2.45, 2.75) is 13.2 Å². The van der Waals surface area contributed by atoms with Gasteiger partial charge in [-0.3, -0.25) is 0 Å². The van der Waals surface area contributed by atoms with Crippen molar-refractivity contribution in [1.29, 1.82) is 0 Å². The Morgan fingerprint density at radius 1 is 0.692 bits per heavy atom. The number of aliphatic hydroxyl groups excluding tert-OH is 1. The van der Waals surface area contributed by atoms with Gasteiger partial charge >= 0.3 is 0 Å². The topological polar surface area (TPSA) is 38.7 Å². The standard InChI is InChI=1S/C23H22O3/c24-15-7-12-19-13-14-22(25-17-20-8-3-1-4-9-20)23(16-19)26-18-21-10-5-2-6-11-21/h1-14,16,24H,15,17-18H2/b12-7+. The molecule has 0 unspecified atom stereocenters. The smallest absolute Gasteiger partial charge is 0.162 e. The molecule has 0 aliphatic heterocycles. The number of ether oxygens (including phenoxy) is 2. The zero-order chi connectivity index (χ0) is 18.0. The summed E-state index contributed by atoms with van der Waals surface area (Å²) in [4.78, 5) is 0. The molecule has 3 heteroatoms. The summed E-state index contributed by atoms with van der Waals surface area (Å²) in [6.45, 7) is 0.955. The maximum atomic E-state index is 8.97. The van der Waals surface area contributed by atoms with E-state index >= 15 is 0 Å². The summed E-state index contributed by atoms with van der Waals surface area (Å²) >= 11 is 0. The molecule has 0 amide bonds. The van der Waals surface area contributed by atoms with Crippen molar-refractivity contribution in [3.05, 3.63) is 102 Å². The highest BCUT2D eigenvalue weighted by Gasteiger charge is 2.07. The van der Waals surface area contributed by atoms with Crippen LogP contribution in [0.1, 0.15) is 16.7 Å². The molecule has 0 radical (unpaired) electrons. The molecule has 0 spiro atoms. The molecular formula is C23H22O3. The van der Waals surface area contributed by atoms with Crippen molar-refractivity contribution >= 4 is 6.08 Å². The van der Waals surface area contributed by atoms with Crippen LogP contribution in [0.4, 0.5) is 0 Å².